The van der Waals surface area contributed by atoms with Gasteiger partial charge in [0, 0.05) is 18.6 Å². The molecule has 0 radical (unpaired) electrons. The highest BCUT2D eigenvalue weighted by molar-refractivity contribution is 5.78. The van der Waals surface area contributed by atoms with Crippen molar-refractivity contribution < 1.29 is 14.7 Å². The van der Waals surface area contributed by atoms with E-state index in [2.05, 4.69) is 5.32 Å². The van der Waals surface area contributed by atoms with E-state index >= 15 is 0 Å². The number of hydrogen-bond acceptors (Lipinski definition) is 3. The number of carbonyl (C=O) groups excluding carboxylic acids is 1. The first-order chi connectivity index (χ1) is 7.49. The van der Waals surface area contributed by atoms with Gasteiger partial charge in [0.25, 0.3) is 0 Å². The number of carboxylic acids is 1. The second kappa shape index (κ2) is 5.84. The predicted molar refractivity (Wildman–Crippen MR) is 60.1 cm³/mol. The van der Waals surface area contributed by atoms with Gasteiger partial charge in [0.1, 0.15) is 0 Å². The van der Waals surface area contributed by atoms with E-state index < -0.39 is 5.97 Å². The van der Waals surface area contributed by atoms with Gasteiger partial charge in [-0.1, -0.05) is 0 Å². The van der Waals surface area contributed by atoms with Crippen LogP contribution in [0.1, 0.15) is 33.1 Å². The normalized spacial score (nSPS) is 15.5. The highest BCUT2D eigenvalue weighted by Gasteiger charge is 2.24. The summed E-state index contributed by atoms with van der Waals surface area (Å²) in [5.74, 6) is -0.824. The summed E-state index contributed by atoms with van der Waals surface area (Å²) in [6.07, 6.45) is 2.22. The Morgan fingerprint density at radius 1 is 1.44 bits per heavy atom. The van der Waals surface area contributed by atoms with Crippen molar-refractivity contribution in [3.63, 3.8) is 0 Å². The molecule has 1 fully saturated rings. The molecule has 1 saturated carbocycles. The van der Waals surface area contributed by atoms with Crippen LogP contribution < -0.4 is 5.32 Å². The van der Waals surface area contributed by atoms with Crippen LogP contribution in [0.25, 0.3) is 0 Å². The van der Waals surface area contributed by atoms with Crippen molar-refractivity contribution in [3.05, 3.63) is 0 Å². The fraction of sp³-hybridized carbons (Fsp3) is 0.818. The Bertz CT molecular complexity index is 262. The number of carboxylic acid groups (broad SMARTS) is 1. The number of hydrogen-bond donors (Lipinski definition) is 2. The third kappa shape index (κ3) is 5.11. The first-order valence-corrected chi connectivity index (χ1v) is 5.74. The SMILES string of the molecule is CC(C)N(CCC(=O)O)CC(=O)NC1CC1. The van der Waals surface area contributed by atoms with Crippen LogP contribution in [0.4, 0.5) is 0 Å². The van der Waals surface area contributed by atoms with Gasteiger partial charge in [0.2, 0.25) is 5.91 Å². The van der Waals surface area contributed by atoms with Crippen molar-refractivity contribution >= 4 is 11.9 Å². The van der Waals surface area contributed by atoms with Crippen LogP contribution in [0.2, 0.25) is 0 Å². The summed E-state index contributed by atoms with van der Waals surface area (Å²) in [5, 5.41) is 11.5. The molecule has 0 saturated heterocycles. The predicted octanol–water partition coefficient (Wildman–Crippen LogP) is 0.450. The van der Waals surface area contributed by atoms with Crippen LogP contribution in [0.3, 0.4) is 0 Å². The highest BCUT2D eigenvalue weighted by Crippen LogP contribution is 2.18. The summed E-state index contributed by atoms with van der Waals surface area (Å²) in [6.45, 7) is 4.64. The van der Waals surface area contributed by atoms with E-state index in [-0.39, 0.29) is 18.4 Å². The monoisotopic (exact) mass is 228 g/mol. The van der Waals surface area contributed by atoms with Crippen LogP contribution >= 0.6 is 0 Å². The number of nitrogens with zero attached hydrogens (tertiary/aromatic N) is 1. The molecule has 5 heteroatoms. The maximum Gasteiger partial charge on any atom is 0.304 e. The van der Waals surface area contributed by atoms with Crippen LogP contribution in [-0.4, -0.2) is 47.1 Å². The molecular formula is C11H20N2O3. The average Bonchev–Trinajstić information content (AvgIpc) is 2.95. The largest absolute Gasteiger partial charge is 0.481 e. The van der Waals surface area contributed by atoms with Crippen LogP contribution in [-0.2, 0) is 9.59 Å². The number of carbonyl (C=O) groups is 2. The Morgan fingerprint density at radius 3 is 2.50 bits per heavy atom. The number of rotatable bonds is 7. The lowest BCUT2D eigenvalue weighted by Crippen LogP contribution is -2.42. The van der Waals surface area contributed by atoms with E-state index in [0.717, 1.165) is 12.8 Å². The molecule has 16 heavy (non-hydrogen) atoms. The molecule has 5 nitrogen and oxygen atoms in total. The van der Waals surface area contributed by atoms with E-state index in [1.807, 2.05) is 18.7 Å². The fourth-order valence-corrected chi connectivity index (χ4v) is 1.44. The standard InChI is InChI=1S/C11H20N2O3/c1-8(2)13(6-5-11(15)16)7-10(14)12-9-3-4-9/h8-9H,3-7H2,1-2H3,(H,12,14)(H,15,16). The molecule has 0 spiro atoms. The van der Waals surface area contributed by atoms with Gasteiger partial charge in [-0.3, -0.25) is 14.5 Å². The lowest BCUT2D eigenvalue weighted by atomic mass is 10.2. The Labute approximate surface area is 95.8 Å². The van der Waals surface area contributed by atoms with E-state index in [9.17, 15) is 9.59 Å². The van der Waals surface area contributed by atoms with E-state index in [0.29, 0.717) is 19.1 Å². The zero-order chi connectivity index (χ0) is 12.1. The minimum absolute atomic E-state index is 0.00147. The molecular weight excluding hydrogens is 208 g/mol. The van der Waals surface area contributed by atoms with Crippen molar-refractivity contribution in [2.75, 3.05) is 13.1 Å². The number of aliphatic carboxylic acids is 1. The molecule has 1 amide bonds. The third-order valence-electron chi connectivity index (χ3n) is 2.63. The molecule has 1 rings (SSSR count). The molecule has 0 bridgehead atoms. The third-order valence-corrected chi connectivity index (χ3v) is 2.63. The zero-order valence-corrected chi connectivity index (χ0v) is 9.90. The number of nitrogens with one attached hydrogen (secondary N) is 1. The molecule has 1 aliphatic rings. The minimum atomic E-state index is -0.826. The molecule has 0 aromatic rings. The lowest BCUT2D eigenvalue weighted by Gasteiger charge is -2.24. The Hall–Kier alpha value is -1.10. The van der Waals surface area contributed by atoms with Gasteiger partial charge < -0.3 is 10.4 Å². The van der Waals surface area contributed by atoms with Gasteiger partial charge in [-0.05, 0) is 26.7 Å². The van der Waals surface area contributed by atoms with Gasteiger partial charge in [-0.15, -0.1) is 0 Å². The maximum atomic E-state index is 11.6. The zero-order valence-electron chi connectivity index (χ0n) is 9.90. The van der Waals surface area contributed by atoms with Gasteiger partial charge in [-0.2, -0.15) is 0 Å². The molecule has 1 aliphatic carbocycles. The second-order valence-corrected chi connectivity index (χ2v) is 4.55. The van der Waals surface area contributed by atoms with Crippen molar-refractivity contribution in [2.45, 2.75) is 45.2 Å². The van der Waals surface area contributed by atoms with Gasteiger partial charge in [0.05, 0.1) is 13.0 Å². The van der Waals surface area contributed by atoms with Crippen LogP contribution in [0.15, 0.2) is 0 Å². The smallest absolute Gasteiger partial charge is 0.304 e. The topological polar surface area (TPSA) is 69.6 Å². The summed E-state index contributed by atoms with van der Waals surface area (Å²) >= 11 is 0. The second-order valence-electron chi connectivity index (χ2n) is 4.55. The van der Waals surface area contributed by atoms with Crippen LogP contribution in [0.5, 0.6) is 0 Å². The molecule has 0 heterocycles. The quantitative estimate of drug-likeness (QED) is 0.664. The fourth-order valence-electron chi connectivity index (χ4n) is 1.44. The highest BCUT2D eigenvalue weighted by atomic mass is 16.4. The molecule has 92 valence electrons. The summed E-state index contributed by atoms with van der Waals surface area (Å²) in [6, 6.07) is 0.547. The van der Waals surface area contributed by atoms with Crippen molar-refractivity contribution in [1.29, 1.82) is 0 Å². The molecule has 0 unspecified atom stereocenters. The summed E-state index contributed by atoms with van der Waals surface area (Å²) in [4.78, 5) is 23.9. The van der Waals surface area contributed by atoms with Crippen molar-refractivity contribution in [3.8, 4) is 0 Å². The Morgan fingerprint density at radius 2 is 2.06 bits per heavy atom. The molecule has 0 atom stereocenters. The molecule has 0 aliphatic heterocycles. The Kier molecular flexibility index (Phi) is 4.73. The van der Waals surface area contributed by atoms with E-state index in [1.54, 1.807) is 0 Å². The average molecular weight is 228 g/mol. The van der Waals surface area contributed by atoms with Crippen molar-refractivity contribution in [2.24, 2.45) is 0 Å². The molecule has 2 N–H and O–H groups in total. The van der Waals surface area contributed by atoms with E-state index in [1.165, 1.54) is 0 Å². The van der Waals surface area contributed by atoms with Gasteiger partial charge >= 0.3 is 5.97 Å². The first kappa shape index (κ1) is 13.0. The van der Waals surface area contributed by atoms with Crippen molar-refractivity contribution in [1.82, 2.24) is 10.2 Å². The Balaban J connectivity index is 2.30. The first-order valence-electron chi connectivity index (χ1n) is 5.74. The van der Waals surface area contributed by atoms with E-state index in [4.69, 9.17) is 5.11 Å². The van der Waals surface area contributed by atoms with Crippen LogP contribution in [0, 0.1) is 0 Å². The van der Waals surface area contributed by atoms with Gasteiger partial charge in [-0.25, -0.2) is 0 Å². The summed E-state index contributed by atoms with van der Waals surface area (Å²) in [7, 11) is 0. The minimum Gasteiger partial charge on any atom is -0.481 e. The maximum absolute atomic E-state index is 11.6. The van der Waals surface area contributed by atoms with Gasteiger partial charge in [0.15, 0.2) is 0 Å². The summed E-state index contributed by atoms with van der Waals surface area (Å²) in [5.41, 5.74) is 0. The summed E-state index contributed by atoms with van der Waals surface area (Å²) < 4.78 is 0. The molecule has 0 aromatic carbocycles. The lowest BCUT2D eigenvalue weighted by molar-refractivity contribution is -0.138. The molecule has 0 aromatic heterocycles. The number of amides is 1.